The molecule has 0 unspecified atom stereocenters. The van der Waals surface area contributed by atoms with E-state index in [-0.39, 0.29) is 11.4 Å². The largest absolute Gasteiger partial charge is 0.462 e. The Bertz CT molecular complexity index is 679. The highest BCUT2D eigenvalue weighted by Gasteiger charge is 2.58. The van der Waals surface area contributed by atoms with Gasteiger partial charge in [-0.3, -0.25) is 0 Å². The standard InChI is InChI=1S/C21H27Br2NO3/c1-3-14-24(4-2)15-16-27-19(25)21(26,17-10-6-5-7-11-17)20(23)13-9-8-12-18(20)22/h5-13,18,26H,3-4,14-16H2,1-2H3/t18-,20-,21+/m0/s1. The van der Waals surface area contributed by atoms with E-state index in [1.807, 2.05) is 24.3 Å². The van der Waals surface area contributed by atoms with Crippen LogP contribution in [0, 0.1) is 0 Å². The summed E-state index contributed by atoms with van der Waals surface area (Å²) in [7, 11) is 0. The van der Waals surface area contributed by atoms with E-state index in [9.17, 15) is 9.90 Å². The van der Waals surface area contributed by atoms with E-state index in [1.165, 1.54) is 0 Å². The van der Waals surface area contributed by atoms with E-state index in [0.717, 1.165) is 19.5 Å². The van der Waals surface area contributed by atoms with Crippen LogP contribution in [-0.4, -0.2) is 51.4 Å². The molecule has 148 valence electrons. The molecule has 1 N–H and O–H groups in total. The molecule has 0 radical (unpaired) electrons. The van der Waals surface area contributed by atoms with Crippen LogP contribution in [0.5, 0.6) is 0 Å². The lowest BCUT2D eigenvalue weighted by atomic mass is 9.77. The highest BCUT2D eigenvalue weighted by Crippen LogP contribution is 2.48. The molecular weight excluding hydrogens is 474 g/mol. The SMILES string of the molecule is CCCN(CC)CCOC(=O)[C@](O)(c1ccccc1)[C@]1(Br)C=CC=C[C@@H]1Br. The normalized spacial score (nSPS) is 24.0. The number of aliphatic hydroxyl groups is 1. The van der Waals surface area contributed by atoms with Crippen LogP contribution in [0.15, 0.2) is 54.6 Å². The molecule has 3 atom stereocenters. The number of halogens is 2. The smallest absolute Gasteiger partial charge is 0.344 e. The molecule has 0 aromatic heterocycles. The third kappa shape index (κ3) is 4.73. The maximum Gasteiger partial charge on any atom is 0.344 e. The number of nitrogens with zero attached hydrogens (tertiary/aromatic N) is 1. The van der Waals surface area contributed by atoms with Crippen LogP contribution >= 0.6 is 31.9 Å². The molecule has 1 aliphatic carbocycles. The van der Waals surface area contributed by atoms with Crippen LogP contribution in [-0.2, 0) is 15.1 Å². The van der Waals surface area contributed by atoms with E-state index in [0.29, 0.717) is 12.1 Å². The van der Waals surface area contributed by atoms with Gasteiger partial charge in [-0.2, -0.15) is 0 Å². The molecule has 0 fully saturated rings. The number of esters is 1. The lowest BCUT2D eigenvalue weighted by molar-refractivity contribution is -0.169. The van der Waals surface area contributed by atoms with Gasteiger partial charge in [0.1, 0.15) is 10.9 Å². The van der Waals surface area contributed by atoms with E-state index in [1.54, 1.807) is 30.3 Å². The third-order valence-corrected chi connectivity index (χ3v) is 7.77. The molecule has 0 aliphatic heterocycles. The Balaban J connectivity index is 2.27. The molecule has 27 heavy (non-hydrogen) atoms. The molecular formula is C21H27Br2NO3. The van der Waals surface area contributed by atoms with Gasteiger partial charge in [-0.25, -0.2) is 4.79 Å². The van der Waals surface area contributed by atoms with Crippen LogP contribution < -0.4 is 0 Å². The van der Waals surface area contributed by atoms with Crippen molar-refractivity contribution in [3.05, 3.63) is 60.2 Å². The predicted octanol–water partition coefficient (Wildman–Crippen LogP) is 4.17. The zero-order valence-corrected chi connectivity index (χ0v) is 18.9. The van der Waals surface area contributed by atoms with Crippen molar-refractivity contribution in [3.8, 4) is 0 Å². The van der Waals surface area contributed by atoms with Crippen LogP contribution in [0.1, 0.15) is 25.8 Å². The third-order valence-electron chi connectivity index (χ3n) is 4.80. The van der Waals surface area contributed by atoms with Gasteiger partial charge in [-0.1, -0.05) is 100 Å². The van der Waals surface area contributed by atoms with Crippen LogP contribution in [0.2, 0.25) is 0 Å². The first-order chi connectivity index (χ1) is 12.9. The molecule has 1 aromatic carbocycles. The highest BCUT2D eigenvalue weighted by atomic mass is 79.9. The monoisotopic (exact) mass is 499 g/mol. The summed E-state index contributed by atoms with van der Waals surface area (Å²) in [6.07, 6.45) is 8.40. The van der Waals surface area contributed by atoms with Gasteiger partial charge in [-0.15, -0.1) is 0 Å². The van der Waals surface area contributed by atoms with Crippen molar-refractivity contribution in [3.63, 3.8) is 0 Å². The van der Waals surface area contributed by atoms with Gasteiger partial charge in [0, 0.05) is 6.54 Å². The van der Waals surface area contributed by atoms with E-state index in [2.05, 4.69) is 50.6 Å². The van der Waals surface area contributed by atoms with E-state index < -0.39 is 15.9 Å². The van der Waals surface area contributed by atoms with Crippen molar-refractivity contribution in [2.45, 2.75) is 35.0 Å². The van der Waals surface area contributed by atoms with Crippen molar-refractivity contribution in [1.29, 1.82) is 0 Å². The second-order valence-corrected chi connectivity index (χ2v) is 8.86. The molecule has 0 saturated carbocycles. The zero-order chi connectivity index (χ0) is 19.9. The summed E-state index contributed by atoms with van der Waals surface area (Å²) in [4.78, 5) is 15.1. The summed E-state index contributed by atoms with van der Waals surface area (Å²) in [6.45, 7) is 6.93. The minimum absolute atomic E-state index is 0.234. The Kier molecular flexibility index (Phi) is 8.28. The van der Waals surface area contributed by atoms with Gasteiger partial charge in [0.15, 0.2) is 0 Å². The Labute approximate surface area is 178 Å². The minimum Gasteiger partial charge on any atom is -0.462 e. The number of hydrogen-bond acceptors (Lipinski definition) is 4. The number of ether oxygens (including phenoxy) is 1. The molecule has 1 aliphatic rings. The topological polar surface area (TPSA) is 49.8 Å². The molecule has 6 heteroatoms. The van der Waals surface area contributed by atoms with Gasteiger partial charge in [0.2, 0.25) is 5.60 Å². The molecule has 0 heterocycles. The molecule has 0 amide bonds. The first-order valence-electron chi connectivity index (χ1n) is 9.26. The second kappa shape index (κ2) is 10.0. The number of hydrogen-bond donors (Lipinski definition) is 1. The number of benzene rings is 1. The Morgan fingerprint density at radius 1 is 1.26 bits per heavy atom. The number of carbonyl (C=O) groups is 1. The van der Waals surface area contributed by atoms with E-state index >= 15 is 0 Å². The maximum atomic E-state index is 13.1. The van der Waals surface area contributed by atoms with Crippen molar-refractivity contribution in [2.75, 3.05) is 26.2 Å². The summed E-state index contributed by atoms with van der Waals surface area (Å²) < 4.78 is 4.50. The number of alkyl halides is 2. The van der Waals surface area contributed by atoms with Crippen LogP contribution in [0.3, 0.4) is 0 Å². The van der Waals surface area contributed by atoms with Crippen LogP contribution in [0.25, 0.3) is 0 Å². The van der Waals surface area contributed by atoms with Gasteiger partial charge in [0.05, 0.1) is 4.83 Å². The predicted molar refractivity (Wildman–Crippen MR) is 116 cm³/mol. The fraction of sp³-hybridized carbons (Fsp3) is 0.476. The zero-order valence-electron chi connectivity index (χ0n) is 15.8. The average molecular weight is 501 g/mol. The second-order valence-electron chi connectivity index (χ2n) is 6.56. The quantitative estimate of drug-likeness (QED) is 0.408. The van der Waals surface area contributed by atoms with Crippen molar-refractivity contribution < 1.29 is 14.6 Å². The van der Waals surface area contributed by atoms with Crippen molar-refractivity contribution in [2.24, 2.45) is 0 Å². The Hall–Kier alpha value is -0.950. The van der Waals surface area contributed by atoms with Gasteiger partial charge in [-0.05, 0) is 25.1 Å². The summed E-state index contributed by atoms with van der Waals surface area (Å²) in [6, 6.07) is 8.94. The van der Waals surface area contributed by atoms with Crippen LogP contribution in [0.4, 0.5) is 0 Å². The summed E-state index contributed by atoms with van der Waals surface area (Å²) in [5, 5.41) is 11.7. The van der Waals surface area contributed by atoms with E-state index in [4.69, 9.17) is 4.74 Å². The molecule has 0 bridgehead atoms. The average Bonchev–Trinajstić information content (AvgIpc) is 2.69. The van der Waals surface area contributed by atoms with Gasteiger partial charge in [0.25, 0.3) is 0 Å². The highest BCUT2D eigenvalue weighted by molar-refractivity contribution is 9.12. The Morgan fingerprint density at radius 3 is 2.56 bits per heavy atom. The minimum atomic E-state index is -1.88. The van der Waals surface area contributed by atoms with Crippen molar-refractivity contribution >= 4 is 37.8 Å². The van der Waals surface area contributed by atoms with Gasteiger partial charge < -0.3 is 14.7 Å². The molecule has 4 nitrogen and oxygen atoms in total. The lowest BCUT2D eigenvalue weighted by Gasteiger charge is -2.43. The number of carbonyl (C=O) groups excluding carboxylic acids is 1. The molecule has 1 aromatic rings. The lowest BCUT2D eigenvalue weighted by Crippen LogP contribution is -2.57. The summed E-state index contributed by atoms with van der Waals surface area (Å²) in [5.41, 5.74) is -1.40. The molecule has 0 spiro atoms. The first-order valence-corrected chi connectivity index (χ1v) is 11.0. The Morgan fingerprint density at radius 2 is 1.96 bits per heavy atom. The van der Waals surface area contributed by atoms with Gasteiger partial charge >= 0.3 is 5.97 Å². The maximum absolute atomic E-state index is 13.1. The molecule has 2 rings (SSSR count). The molecule has 0 saturated heterocycles. The summed E-state index contributed by atoms with van der Waals surface area (Å²) in [5.74, 6) is -0.664. The fourth-order valence-corrected chi connectivity index (χ4v) is 4.56. The fourth-order valence-electron chi connectivity index (χ4n) is 3.20. The number of likely N-dealkylation sites (N-methyl/N-ethyl adjacent to an activating group) is 1. The van der Waals surface area contributed by atoms with Crippen molar-refractivity contribution in [1.82, 2.24) is 4.90 Å². The number of allylic oxidation sites excluding steroid dienone is 3. The number of rotatable bonds is 9. The first kappa shape index (κ1) is 22.3. The summed E-state index contributed by atoms with van der Waals surface area (Å²) >= 11 is 7.21.